The van der Waals surface area contributed by atoms with Gasteiger partial charge in [-0.15, -0.1) is 0 Å². The van der Waals surface area contributed by atoms with Crippen molar-refractivity contribution in [3.8, 4) is 79.1 Å². The minimum Gasteiger partial charge on any atom is -0.452 e. The van der Waals surface area contributed by atoms with Crippen LogP contribution in [0.4, 0.5) is 0 Å². The third-order valence-electron chi connectivity index (χ3n) is 13.2. The van der Waals surface area contributed by atoms with E-state index in [1.165, 1.54) is 5.56 Å². The van der Waals surface area contributed by atoms with Crippen molar-refractivity contribution in [2.75, 3.05) is 0 Å². The molecule has 318 valence electrons. The molecule has 13 rings (SSSR count). The Labute approximate surface area is 393 Å². The Kier molecular flexibility index (Phi) is 9.29. The monoisotopic (exact) mass is 869 g/mol. The van der Waals surface area contributed by atoms with Gasteiger partial charge in [-0.05, 0) is 74.8 Å². The smallest absolute Gasteiger partial charge is 0.180 e. The van der Waals surface area contributed by atoms with E-state index >= 15 is 0 Å². The number of aromatic nitrogens is 5. The van der Waals surface area contributed by atoms with E-state index in [4.69, 9.17) is 29.3 Å². The first-order valence-corrected chi connectivity index (χ1v) is 22.8. The standard InChI is InChI=1S/C62H39N5O/c1-6-21-40(22-7-1)43-27-20-28-44(37-43)55-57-56(48-34-17-19-36-54(48)68-57)64-60(63-55)51-39-53-49(47-33-16-18-35-52(47)62(53,45-29-12-4-13-30-45)46-31-14-5-15-32-46)38-50(51)61-66-58(41-23-8-2-9-24-41)65-59(67-61)42-25-10-3-11-26-42/h1-39H. The average Bonchev–Trinajstić information content (AvgIpc) is 3.95. The van der Waals surface area contributed by atoms with Crippen molar-refractivity contribution in [2.24, 2.45) is 0 Å². The summed E-state index contributed by atoms with van der Waals surface area (Å²) in [4.78, 5) is 27.0. The molecule has 6 nitrogen and oxygen atoms in total. The fourth-order valence-corrected chi connectivity index (χ4v) is 10.2. The summed E-state index contributed by atoms with van der Waals surface area (Å²) in [5.41, 5.74) is 15.4. The van der Waals surface area contributed by atoms with Crippen LogP contribution in [0.25, 0.3) is 101 Å². The lowest BCUT2D eigenvalue weighted by atomic mass is 9.67. The van der Waals surface area contributed by atoms with Crippen molar-refractivity contribution in [3.63, 3.8) is 0 Å². The summed E-state index contributed by atoms with van der Waals surface area (Å²) in [5, 5.41) is 0.905. The van der Waals surface area contributed by atoms with Crippen LogP contribution in [0.2, 0.25) is 0 Å². The first kappa shape index (κ1) is 39.3. The summed E-state index contributed by atoms with van der Waals surface area (Å²) in [7, 11) is 0. The minimum atomic E-state index is -0.690. The molecule has 0 saturated carbocycles. The van der Waals surface area contributed by atoms with Crippen LogP contribution in [-0.4, -0.2) is 24.9 Å². The molecule has 1 aliphatic rings. The van der Waals surface area contributed by atoms with Crippen molar-refractivity contribution in [1.29, 1.82) is 0 Å². The molecule has 6 heteroatoms. The molecule has 3 aromatic heterocycles. The van der Waals surface area contributed by atoms with Crippen LogP contribution in [0, 0.1) is 0 Å². The molecule has 3 heterocycles. The molecular formula is C62H39N5O. The average molecular weight is 870 g/mol. The summed E-state index contributed by atoms with van der Waals surface area (Å²) < 4.78 is 6.73. The second-order valence-electron chi connectivity index (χ2n) is 17.1. The van der Waals surface area contributed by atoms with E-state index in [0.717, 1.165) is 83.2 Å². The van der Waals surface area contributed by atoms with Crippen LogP contribution in [-0.2, 0) is 5.41 Å². The first-order valence-electron chi connectivity index (χ1n) is 22.8. The van der Waals surface area contributed by atoms with Crippen LogP contribution in [0.15, 0.2) is 241 Å². The third kappa shape index (κ3) is 6.38. The molecule has 0 spiro atoms. The molecule has 0 atom stereocenters. The Morgan fingerprint density at radius 3 is 1.47 bits per heavy atom. The van der Waals surface area contributed by atoms with Crippen LogP contribution in [0.3, 0.4) is 0 Å². The SMILES string of the molecule is c1ccc(-c2cccc(-c3nc(-c4cc5c(cc4-c4nc(-c6ccccc6)nc(-c6ccccc6)n4)-c4ccccc4C5(c4ccccc4)c4ccccc4)nc4c3oc3ccccc34)c2)cc1. The van der Waals surface area contributed by atoms with Gasteiger partial charge in [0.2, 0.25) is 0 Å². The number of hydrogen-bond donors (Lipinski definition) is 0. The maximum Gasteiger partial charge on any atom is 0.180 e. The van der Waals surface area contributed by atoms with Gasteiger partial charge >= 0.3 is 0 Å². The molecule has 0 amide bonds. The van der Waals surface area contributed by atoms with E-state index in [-0.39, 0.29) is 0 Å². The molecule has 68 heavy (non-hydrogen) atoms. The van der Waals surface area contributed by atoms with Gasteiger partial charge in [0.15, 0.2) is 28.9 Å². The van der Waals surface area contributed by atoms with Crippen molar-refractivity contribution >= 4 is 22.1 Å². The molecule has 0 bridgehead atoms. The van der Waals surface area contributed by atoms with Gasteiger partial charge in [-0.25, -0.2) is 24.9 Å². The third-order valence-corrected chi connectivity index (χ3v) is 13.2. The highest BCUT2D eigenvalue weighted by atomic mass is 16.3. The molecule has 12 aromatic rings. The normalized spacial score (nSPS) is 12.5. The lowest BCUT2D eigenvalue weighted by molar-refractivity contribution is 0.667. The van der Waals surface area contributed by atoms with Gasteiger partial charge in [0, 0.05) is 33.2 Å². The summed E-state index contributed by atoms with van der Waals surface area (Å²) >= 11 is 0. The number of furan rings is 1. The Morgan fingerprint density at radius 2 is 0.809 bits per heavy atom. The van der Waals surface area contributed by atoms with Gasteiger partial charge in [-0.2, -0.15) is 0 Å². The summed E-state index contributed by atoms with van der Waals surface area (Å²) in [6.45, 7) is 0. The maximum absolute atomic E-state index is 6.73. The highest BCUT2D eigenvalue weighted by Crippen LogP contribution is 2.58. The maximum atomic E-state index is 6.73. The van der Waals surface area contributed by atoms with Crippen LogP contribution < -0.4 is 0 Å². The van der Waals surface area contributed by atoms with Gasteiger partial charge in [0.05, 0.1) is 5.41 Å². The summed E-state index contributed by atoms with van der Waals surface area (Å²) in [5.74, 6) is 2.17. The Hall–Kier alpha value is -9.13. The van der Waals surface area contributed by atoms with Gasteiger partial charge in [0.1, 0.15) is 16.8 Å². The zero-order valence-corrected chi connectivity index (χ0v) is 36.7. The molecule has 0 unspecified atom stereocenters. The summed E-state index contributed by atoms with van der Waals surface area (Å²) in [6.07, 6.45) is 0. The Bertz CT molecular complexity index is 3740. The number of nitrogens with zero attached hydrogens (tertiary/aromatic N) is 5. The quantitative estimate of drug-likeness (QED) is 0.151. The zero-order chi connectivity index (χ0) is 45.0. The highest BCUT2D eigenvalue weighted by molar-refractivity contribution is 6.07. The largest absolute Gasteiger partial charge is 0.452 e. The molecule has 9 aromatic carbocycles. The van der Waals surface area contributed by atoms with Crippen LogP contribution in [0.5, 0.6) is 0 Å². The van der Waals surface area contributed by atoms with Crippen molar-refractivity contribution in [3.05, 3.63) is 259 Å². The highest BCUT2D eigenvalue weighted by Gasteiger charge is 2.47. The number of para-hydroxylation sites is 1. The van der Waals surface area contributed by atoms with E-state index in [9.17, 15) is 0 Å². The molecule has 0 saturated heterocycles. The van der Waals surface area contributed by atoms with Crippen LogP contribution >= 0.6 is 0 Å². The molecular weight excluding hydrogens is 831 g/mol. The molecule has 1 aliphatic carbocycles. The van der Waals surface area contributed by atoms with Gasteiger partial charge < -0.3 is 4.42 Å². The minimum absolute atomic E-state index is 0.512. The summed E-state index contributed by atoms with van der Waals surface area (Å²) in [6, 6.07) is 82.3. The zero-order valence-electron chi connectivity index (χ0n) is 36.7. The van der Waals surface area contributed by atoms with E-state index < -0.39 is 5.41 Å². The predicted octanol–water partition coefficient (Wildman–Crippen LogP) is 14.9. The molecule has 0 N–H and O–H groups in total. The number of hydrogen-bond acceptors (Lipinski definition) is 6. The fraction of sp³-hybridized carbons (Fsp3) is 0.0161. The van der Waals surface area contributed by atoms with E-state index in [2.05, 4.69) is 152 Å². The van der Waals surface area contributed by atoms with Gasteiger partial charge in [0.25, 0.3) is 0 Å². The van der Waals surface area contributed by atoms with Crippen LogP contribution in [0.1, 0.15) is 22.3 Å². The van der Waals surface area contributed by atoms with Crippen molar-refractivity contribution in [1.82, 2.24) is 24.9 Å². The van der Waals surface area contributed by atoms with E-state index in [1.54, 1.807) is 0 Å². The molecule has 0 aliphatic heterocycles. The molecule has 0 radical (unpaired) electrons. The fourth-order valence-electron chi connectivity index (χ4n) is 10.2. The Morgan fingerprint density at radius 1 is 0.309 bits per heavy atom. The van der Waals surface area contributed by atoms with E-state index in [0.29, 0.717) is 34.6 Å². The predicted molar refractivity (Wildman–Crippen MR) is 273 cm³/mol. The number of rotatable bonds is 8. The van der Waals surface area contributed by atoms with Crippen molar-refractivity contribution in [2.45, 2.75) is 5.41 Å². The lowest BCUT2D eigenvalue weighted by Gasteiger charge is -2.34. The topological polar surface area (TPSA) is 77.6 Å². The van der Waals surface area contributed by atoms with Gasteiger partial charge in [-0.1, -0.05) is 206 Å². The number of benzene rings is 9. The first-order chi connectivity index (χ1) is 33.7. The number of fused-ring (bicyclic) bond motifs is 6. The van der Waals surface area contributed by atoms with Crippen molar-refractivity contribution < 1.29 is 4.42 Å². The second kappa shape index (κ2) is 16.1. The van der Waals surface area contributed by atoms with E-state index in [1.807, 2.05) is 84.9 Å². The lowest BCUT2D eigenvalue weighted by Crippen LogP contribution is -2.28. The molecule has 0 fully saturated rings. The second-order valence-corrected chi connectivity index (χ2v) is 17.1. The van der Waals surface area contributed by atoms with Gasteiger partial charge in [-0.3, -0.25) is 0 Å². The Balaban J connectivity index is 1.16.